The van der Waals surface area contributed by atoms with Crippen LogP contribution >= 0.6 is 31.9 Å². The maximum atomic E-state index is 13.3. The summed E-state index contributed by atoms with van der Waals surface area (Å²) in [6.45, 7) is 2.03. The fourth-order valence-electron chi connectivity index (χ4n) is 3.01. The molecule has 0 spiro atoms. The Morgan fingerprint density at radius 3 is 2.72 bits per heavy atom. The Morgan fingerprint density at radius 1 is 1.40 bits per heavy atom. The lowest BCUT2D eigenvalue weighted by molar-refractivity contribution is 0.307. The van der Waals surface area contributed by atoms with Crippen molar-refractivity contribution in [2.45, 2.75) is 43.2 Å². The number of hydrogen-bond acceptors (Lipinski definition) is 4. The summed E-state index contributed by atoms with van der Waals surface area (Å²) in [6, 6.07) is 4.67. The third-order valence-corrected chi connectivity index (χ3v) is 7.77. The molecule has 1 heterocycles. The highest BCUT2D eigenvalue weighted by atomic mass is 79.9. The van der Waals surface area contributed by atoms with Crippen molar-refractivity contribution in [3.63, 3.8) is 0 Å². The lowest BCUT2D eigenvalue weighted by Gasteiger charge is -2.28. The molecule has 1 saturated heterocycles. The van der Waals surface area contributed by atoms with E-state index in [1.54, 1.807) is 23.1 Å². The van der Waals surface area contributed by atoms with E-state index in [2.05, 4.69) is 38.1 Å². The van der Waals surface area contributed by atoms with Crippen LogP contribution < -0.4 is 0 Å². The molecule has 1 aliphatic rings. The van der Waals surface area contributed by atoms with Crippen molar-refractivity contribution in [3.05, 3.63) is 27.1 Å². The highest BCUT2D eigenvalue weighted by Crippen LogP contribution is 2.32. The maximum absolute atomic E-state index is 13.3. The second-order valence-corrected chi connectivity index (χ2v) is 9.71. The topological polar surface area (TPSA) is 64.4 Å². The molecule has 1 aromatic carbocycles. The number of benzene rings is 1. The van der Waals surface area contributed by atoms with Crippen molar-refractivity contribution < 1.29 is 12.8 Å². The van der Waals surface area contributed by atoms with Gasteiger partial charge >= 0.3 is 0 Å². The van der Waals surface area contributed by atoms with Gasteiger partial charge in [-0.3, -0.25) is 4.39 Å². The molecule has 5 nitrogen and oxygen atoms in total. The van der Waals surface area contributed by atoms with Crippen molar-refractivity contribution in [3.8, 4) is 6.19 Å². The van der Waals surface area contributed by atoms with Crippen LogP contribution in [0.4, 0.5) is 4.39 Å². The summed E-state index contributed by atoms with van der Waals surface area (Å²) in [5.74, 6) is 0. The zero-order valence-corrected chi connectivity index (χ0v) is 17.8. The van der Waals surface area contributed by atoms with Gasteiger partial charge in [-0.15, -0.1) is 0 Å². The van der Waals surface area contributed by atoms with Crippen molar-refractivity contribution >= 4 is 41.9 Å². The van der Waals surface area contributed by atoms with Gasteiger partial charge < -0.3 is 4.90 Å². The minimum absolute atomic E-state index is 0.0141. The zero-order chi connectivity index (χ0) is 18.6. The predicted molar refractivity (Wildman–Crippen MR) is 101 cm³/mol. The summed E-state index contributed by atoms with van der Waals surface area (Å²) in [5.41, 5.74) is 0. The molecule has 9 heteroatoms. The summed E-state index contributed by atoms with van der Waals surface area (Å²) in [6.07, 6.45) is 3.45. The van der Waals surface area contributed by atoms with Crippen LogP contribution in [0.3, 0.4) is 0 Å². The highest BCUT2D eigenvalue weighted by molar-refractivity contribution is 9.11. The van der Waals surface area contributed by atoms with Crippen LogP contribution in [0.5, 0.6) is 0 Å². The van der Waals surface area contributed by atoms with Gasteiger partial charge in [0.05, 0.1) is 11.6 Å². The second-order valence-electron chi connectivity index (χ2n) is 6.08. The molecule has 0 radical (unpaired) electrons. The van der Waals surface area contributed by atoms with Crippen molar-refractivity contribution in [2.75, 3.05) is 19.8 Å². The summed E-state index contributed by atoms with van der Waals surface area (Å²) < 4.78 is 41.6. The van der Waals surface area contributed by atoms with Crippen molar-refractivity contribution in [2.24, 2.45) is 0 Å². The monoisotopic (exact) mass is 495 g/mol. The van der Waals surface area contributed by atoms with Crippen LogP contribution in [0.25, 0.3) is 0 Å². The van der Waals surface area contributed by atoms with Gasteiger partial charge in [0, 0.05) is 34.1 Å². The maximum Gasteiger partial charge on any atom is 0.244 e. The van der Waals surface area contributed by atoms with Gasteiger partial charge in [0.2, 0.25) is 10.0 Å². The number of rotatable bonds is 7. The molecule has 0 unspecified atom stereocenters. The molecule has 0 N–H and O–H groups in total. The molecule has 0 bridgehead atoms. The Labute approximate surface area is 165 Å². The summed E-state index contributed by atoms with van der Waals surface area (Å²) >= 11 is 6.62. The third kappa shape index (κ3) is 4.73. The minimum atomic E-state index is -3.78. The van der Waals surface area contributed by atoms with E-state index in [4.69, 9.17) is 0 Å². The van der Waals surface area contributed by atoms with Crippen LogP contribution in [0, 0.1) is 11.5 Å². The first-order chi connectivity index (χ1) is 11.8. The van der Waals surface area contributed by atoms with E-state index in [1.807, 2.05) is 6.92 Å². The summed E-state index contributed by atoms with van der Waals surface area (Å²) in [4.78, 5) is 1.77. The third-order valence-electron chi connectivity index (χ3n) is 4.33. The van der Waals surface area contributed by atoms with Crippen LogP contribution in [0.1, 0.15) is 26.2 Å². The first-order valence-corrected chi connectivity index (χ1v) is 11.0. The molecule has 0 amide bonds. The molecule has 138 valence electrons. The fourth-order valence-corrected chi connectivity index (χ4v) is 6.14. The highest BCUT2D eigenvalue weighted by Gasteiger charge is 2.39. The Morgan fingerprint density at radius 2 is 2.12 bits per heavy atom. The van der Waals surface area contributed by atoms with E-state index in [0.717, 1.165) is 0 Å². The van der Waals surface area contributed by atoms with Crippen LogP contribution in [0.2, 0.25) is 0 Å². The molecule has 25 heavy (non-hydrogen) atoms. The number of nitrogens with zero attached hydrogens (tertiary/aromatic N) is 3. The average molecular weight is 497 g/mol. The van der Waals surface area contributed by atoms with Gasteiger partial charge in [-0.25, -0.2) is 8.42 Å². The van der Waals surface area contributed by atoms with Gasteiger partial charge in [-0.05, 0) is 60.3 Å². The van der Waals surface area contributed by atoms with Gasteiger partial charge in [-0.2, -0.15) is 9.57 Å². The number of halogens is 3. The Hall–Kier alpha value is -0.690. The van der Waals surface area contributed by atoms with E-state index in [9.17, 15) is 18.1 Å². The zero-order valence-electron chi connectivity index (χ0n) is 13.8. The number of hydrogen-bond donors (Lipinski definition) is 0. The second kappa shape index (κ2) is 8.80. The van der Waals surface area contributed by atoms with E-state index in [0.29, 0.717) is 34.8 Å². The lowest BCUT2D eigenvalue weighted by Crippen LogP contribution is -2.42. The van der Waals surface area contributed by atoms with E-state index >= 15 is 0 Å². The van der Waals surface area contributed by atoms with Crippen LogP contribution in [-0.4, -0.2) is 49.5 Å². The van der Waals surface area contributed by atoms with Crippen LogP contribution in [-0.2, 0) is 10.0 Å². The van der Waals surface area contributed by atoms with E-state index in [-0.39, 0.29) is 23.5 Å². The van der Waals surface area contributed by atoms with Crippen molar-refractivity contribution in [1.82, 2.24) is 9.21 Å². The Kier molecular flexibility index (Phi) is 7.26. The standard InChI is InChI=1S/C16H20Br2FN3O2S/c1-12-8-14(10-21(12)11-20)22(7-3-2-6-19)25(23,24)16-9-13(17)4-5-15(16)18/h4-5,9,12,14H,2-3,6-8,10H2,1H3/t12-,14+/m0/s1. The first-order valence-electron chi connectivity index (χ1n) is 8.00. The molecule has 0 saturated carbocycles. The summed E-state index contributed by atoms with van der Waals surface area (Å²) in [7, 11) is -3.78. The molecular formula is C16H20Br2FN3O2S. The average Bonchev–Trinajstić information content (AvgIpc) is 2.94. The van der Waals surface area contributed by atoms with Gasteiger partial charge in [0.15, 0.2) is 6.19 Å². The molecule has 1 aromatic rings. The smallest absolute Gasteiger partial charge is 0.244 e. The Balaban J connectivity index is 2.37. The van der Waals surface area contributed by atoms with Crippen molar-refractivity contribution in [1.29, 1.82) is 5.26 Å². The molecular weight excluding hydrogens is 477 g/mol. The Bertz CT molecular complexity index is 754. The number of alkyl halides is 1. The molecule has 0 aromatic heterocycles. The largest absolute Gasteiger partial charge is 0.306 e. The van der Waals surface area contributed by atoms with E-state index in [1.165, 1.54) is 4.31 Å². The quantitative estimate of drug-likeness (QED) is 0.424. The SMILES string of the molecule is C[C@H]1C[C@@H](N(CCCCF)S(=O)(=O)c2cc(Br)ccc2Br)CN1C#N. The summed E-state index contributed by atoms with van der Waals surface area (Å²) in [5, 5.41) is 9.20. The number of unbranched alkanes of at least 4 members (excludes halogenated alkanes) is 1. The molecule has 1 fully saturated rings. The molecule has 0 aliphatic carbocycles. The predicted octanol–water partition coefficient (Wildman–Crippen LogP) is 3.90. The fraction of sp³-hybridized carbons (Fsp3) is 0.562. The van der Waals surface area contributed by atoms with Gasteiger partial charge in [0.25, 0.3) is 0 Å². The lowest BCUT2D eigenvalue weighted by atomic mass is 10.2. The minimum Gasteiger partial charge on any atom is -0.306 e. The normalized spacial score (nSPS) is 20.9. The number of likely N-dealkylation sites (tertiary alicyclic amines) is 1. The van der Waals surface area contributed by atoms with Gasteiger partial charge in [-0.1, -0.05) is 15.9 Å². The van der Waals surface area contributed by atoms with Crippen LogP contribution in [0.15, 0.2) is 32.0 Å². The molecule has 1 aliphatic heterocycles. The first kappa shape index (κ1) is 20.6. The molecule has 2 rings (SSSR count). The number of nitriles is 1. The van der Waals surface area contributed by atoms with Gasteiger partial charge in [0.1, 0.15) is 0 Å². The van der Waals surface area contributed by atoms with E-state index < -0.39 is 16.7 Å². The number of sulfonamides is 1. The molecule has 2 atom stereocenters.